The fraction of sp³-hybridized carbons (Fsp3) is 0.258. The zero-order valence-electron chi connectivity index (χ0n) is 21.5. The lowest BCUT2D eigenvalue weighted by Crippen LogP contribution is -2.27. The van der Waals surface area contributed by atoms with Gasteiger partial charge in [-0.15, -0.1) is 0 Å². The van der Waals surface area contributed by atoms with E-state index in [4.69, 9.17) is 0 Å². The summed E-state index contributed by atoms with van der Waals surface area (Å²) in [6.45, 7) is 6.99. The summed E-state index contributed by atoms with van der Waals surface area (Å²) in [6, 6.07) is 25.4. The van der Waals surface area contributed by atoms with Crippen molar-refractivity contribution < 1.29 is 4.79 Å². The Balaban J connectivity index is 1.21. The molecule has 1 fully saturated rings. The van der Waals surface area contributed by atoms with Crippen LogP contribution in [-0.2, 0) is 6.54 Å². The SMILES string of the molecule is Cc1c(C)n(Cc2ccc(-c3ccccc3)cc2)c2ccc(C(=O)N[C@@H](C)c3ncn(C4CC4)n3)cc12. The van der Waals surface area contributed by atoms with Gasteiger partial charge in [-0.2, -0.15) is 5.10 Å². The Labute approximate surface area is 217 Å². The predicted octanol–water partition coefficient (Wildman–Crippen LogP) is 6.39. The Morgan fingerprint density at radius 1 is 1.00 bits per heavy atom. The summed E-state index contributed by atoms with van der Waals surface area (Å²) in [5.74, 6) is 0.538. The molecule has 1 N–H and O–H groups in total. The third-order valence-corrected chi connectivity index (χ3v) is 7.49. The van der Waals surface area contributed by atoms with E-state index in [0.29, 0.717) is 17.4 Å². The maximum Gasteiger partial charge on any atom is 0.251 e. The smallest absolute Gasteiger partial charge is 0.251 e. The highest BCUT2D eigenvalue weighted by atomic mass is 16.1. The van der Waals surface area contributed by atoms with E-state index in [1.807, 2.05) is 29.8 Å². The molecule has 3 aromatic carbocycles. The molecule has 37 heavy (non-hydrogen) atoms. The maximum atomic E-state index is 13.1. The van der Waals surface area contributed by atoms with E-state index in [2.05, 4.69) is 88.4 Å². The maximum absolute atomic E-state index is 13.1. The topological polar surface area (TPSA) is 64.7 Å². The average Bonchev–Trinajstić information content (AvgIpc) is 3.61. The first kappa shape index (κ1) is 23.2. The molecule has 6 rings (SSSR count). The number of carbonyl (C=O) groups excluding carboxylic acids is 1. The van der Waals surface area contributed by atoms with Gasteiger partial charge in [-0.3, -0.25) is 4.79 Å². The summed E-state index contributed by atoms with van der Waals surface area (Å²) in [6.07, 6.45) is 4.08. The summed E-state index contributed by atoms with van der Waals surface area (Å²) in [5.41, 5.74) is 7.87. The highest BCUT2D eigenvalue weighted by Gasteiger charge is 2.26. The van der Waals surface area contributed by atoms with Crippen LogP contribution < -0.4 is 5.32 Å². The minimum Gasteiger partial charge on any atom is -0.342 e. The average molecular weight is 490 g/mol. The van der Waals surface area contributed by atoms with Crippen molar-refractivity contribution in [1.29, 1.82) is 0 Å². The number of aromatic nitrogens is 4. The number of nitrogens with zero attached hydrogens (tertiary/aromatic N) is 4. The van der Waals surface area contributed by atoms with E-state index in [1.54, 1.807) is 6.33 Å². The van der Waals surface area contributed by atoms with Gasteiger partial charge in [-0.05, 0) is 74.1 Å². The molecule has 0 radical (unpaired) electrons. The molecule has 0 bridgehead atoms. The number of amides is 1. The van der Waals surface area contributed by atoms with Gasteiger partial charge in [0.25, 0.3) is 5.91 Å². The van der Waals surface area contributed by atoms with Gasteiger partial charge in [0.05, 0.1) is 12.1 Å². The van der Waals surface area contributed by atoms with Crippen molar-refractivity contribution in [3.63, 3.8) is 0 Å². The van der Waals surface area contributed by atoms with Crippen LogP contribution in [0.4, 0.5) is 0 Å². The molecule has 1 atom stereocenters. The predicted molar refractivity (Wildman–Crippen MR) is 147 cm³/mol. The van der Waals surface area contributed by atoms with Crippen molar-refractivity contribution in [2.45, 2.75) is 52.2 Å². The molecule has 6 heteroatoms. The van der Waals surface area contributed by atoms with Crippen molar-refractivity contribution in [3.05, 3.63) is 107 Å². The zero-order valence-corrected chi connectivity index (χ0v) is 21.5. The third-order valence-electron chi connectivity index (χ3n) is 7.49. The second-order valence-corrected chi connectivity index (χ2v) is 10.1. The number of hydrogen-bond donors (Lipinski definition) is 1. The quantitative estimate of drug-likeness (QED) is 0.288. The molecule has 0 spiro atoms. The summed E-state index contributed by atoms with van der Waals surface area (Å²) in [5, 5.41) is 8.72. The molecule has 0 unspecified atom stereocenters. The number of hydrogen-bond acceptors (Lipinski definition) is 3. The molecule has 2 heterocycles. The van der Waals surface area contributed by atoms with Crippen LogP contribution >= 0.6 is 0 Å². The summed E-state index contributed by atoms with van der Waals surface area (Å²) in [4.78, 5) is 17.5. The molecule has 6 nitrogen and oxygen atoms in total. The number of benzene rings is 3. The van der Waals surface area contributed by atoms with E-state index < -0.39 is 0 Å². The highest BCUT2D eigenvalue weighted by Crippen LogP contribution is 2.34. The van der Waals surface area contributed by atoms with Gasteiger partial charge >= 0.3 is 0 Å². The fourth-order valence-electron chi connectivity index (χ4n) is 4.96. The Morgan fingerprint density at radius 3 is 2.46 bits per heavy atom. The number of rotatable bonds is 7. The Morgan fingerprint density at radius 2 is 1.73 bits per heavy atom. The van der Waals surface area contributed by atoms with E-state index in [-0.39, 0.29) is 11.9 Å². The third kappa shape index (κ3) is 4.55. The first-order valence-electron chi connectivity index (χ1n) is 12.9. The van der Waals surface area contributed by atoms with Gasteiger partial charge in [-0.1, -0.05) is 54.6 Å². The number of fused-ring (bicyclic) bond motifs is 1. The van der Waals surface area contributed by atoms with Gasteiger partial charge in [0.1, 0.15) is 6.33 Å². The Kier molecular flexibility index (Phi) is 5.87. The number of nitrogens with one attached hydrogen (secondary N) is 1. The summed E-state index contributed by atoms with van der Waals surface area (Å²) in [7, 11) is 0. The summed E-state index contributed by atoms with van der Waals surface area (Å²) < 4.78 is 4.25. The van der Waals surface area contributed by atoms with Crippen LogP contribution in [0.5, 0.6) is 0 Å². The van der Waals surface area contributed by atoms with Gasteiger partial charge < -0.3 is 9.88 Å². The van der Waals surface area contributed by atoms with Gasteiger partial charge in [0.15, 0.2) is 5.82 Å². The van der Waals surface area contributed by atoms with Crippen LogP contribution in [-0.4, -0.2) is 25.2 Å². The first-order valence-corrected chi connectivity index (χ1v) is 12.9. The monoisotopic (exact) mass is 489 g/mol. The molecule has 1 aliphatic rings. The van der Waals surface area contributed by atoms with Crippen LogP contribution in [0.3, 0.4) is 0 Å². The van der Waals surface area contributed by atoms with E-state index in [0.717, 1.165) is 30.3 Å². The normalized spacial score (nSPS) is 14.1. The molecule has 1 aliphatic carbocycles. The standard InChI is InChI=1S/C31H31N5O/c1-20-22(3)35(18-23-9-11-25(12-10-23)24-7-5-4-6-8-24)29-16-13-26(17-28(20)29)31(37)33-21(2)30-32-19-36(34-30)27-14-15-27/h4-13,16-17,19,21,27H,14-15,18H2,1-3H3,(H,33,37)/t21-/m0/s1. The van der Waals surface area contributed by atoms with Gasteiger partial charge in [0.2, 0.25) is 0 Å². The largest absolute Gasteiger partial charge is 0.342 e. The Bertz CT molecular complexity index is 1580. The molecular weight excluding hydrogens is 458 g/mol. The van der Waals surface area contributed by atoms with E-state index in [9.17, 15) is 4.79 Å². The van der Waals surface area contributed by atoms with Crippen molar-refractivity contribution in [3.8, 4) is 11.1 Å². The van der Waals surface area contributed by atoms with Crippen LogP contribution in [0.2, 0.25) is 0 Å². The number of aryl methyl sites for hydroxylation is 1. The zero-order chi connectivity index (χ0) is 25.5. The summed E-state index contributed by atoms with van der Waals surface area (Å²) >= 11 is 0. The molecule has 186 valence electrons. The second kappa shape index (κ2) is 9.36. The van der Waals surface area contributed by atoms with Crippen molar-refractivity contribution in [2.24, 2.45) is 0 Å². The fourth-order valence-corrected chi connectivity index (χ4v) is 4.96. The molecule has 5 aromatic rings. The highest BCUT2D eigenvalue weighted by molar-refractivity contribution is 5.99. The second-order valence-electron chi connectivity index (χ2n) is 10.1. The van der Waals surface area contributed by atoms with Crippen LogP contribution in [0.15, 0.2) is 79.1 Å². The molecular formula is C31H31N5O. The number of carbonyl (C=O) groups is 1. The molecule has 1 saturated carbocycles. The Hall–Kier alpha value is -4.19. The van der Waals surface area contributed by atoms with Crippen molar-refractivity contribution in [1.82, 2.24) is 24.6 Å². The lowest BCUT2D eigenvalue weighted by molar-refractivity contribution is 0.0938. The van der Waals surface area contributed by atoms with Crippen LogP contribution in [0.25, 0.3) is 22.0 Å². The molecule has 2 aromatic heterocycles. The first-order chi connectivity index (χ1) is 18.0. The minimum absolute atomic E-state index is 0.113. The van der Waals surface area contributed by atoms with Crippen LogP contribution in [0.1, 0.15) is 64.9 Å². The van der Waals surface area contributed by atoms with Crippen molar-refractivity contribution in [2.75, 3.05) is 0 Å². The van der Waals surface area contributed by atoms with E-state index >= 15 is 0 Å². The minimum atomic E-state index is -0.255. The molecule has 0 aliphatic heterocycles. The van der Waals surface area contributed by atoms with Crippen molar-refractivity contribution >= 4 is 16.8 Å². The molecule has 0 saturated heterocycles. The lowest BCUT2D eigenvalue weighted by Gasteiger charge is -2.12. The lowest BCUT2D eigenvalue weighted by atomic mass is 10.0. The van der Waals surface area contributed by atoms with E-state index in [1.165, 1.54) is 27.9 Å². The van der Waals surface area contributed by atoms with Gasteiger partial charge in [-0.25, -0.2) is 9.67 Å². The molecule has 1 amide bonds. The van der Waals surface area contributed by atoms with Crippen LogP contribution in [0, 0.1) is 13.8 Å². The van der Waals surface area contributed by atoms with Gasteiger partial charge in [0, 0.05) is 28.7 Å².